The molecule has 2 amide bonds. The van der Waals surface area contributed by atoms with E-state index in [-0.39, 0.29) is 30.4 Å². The lowest BCUT2D eigenvalue weighted by Gasteiger charge is -2.33. The number of carbonyl (C=O) groups excluding carboxylic acids is 2. The van der Waals surface area contributed by atoms with E-state index in [1.807, 2.05) is 13.0 Å². The normalized spacial score (nSPS) is 25.3. The van der Waals surface area contributed by atoms with Crippen LogP contribution in [0, 0.1) is 6.92 Å². The number of halogens is 1. The largest absolute Gasteiger partial charge is 0.365 e. The third-order valence-electron chi connectivity index (χ3n) is 4.03. The number of aryl methyl sites for hydroxylation is 1. The lowest BCUT2D eigenvalue weighted by molar-refractivity contribution is -0.152. The predicted octanol–water partition coefficient (Wildman–Crippen LogP) is 0.897. The molecule has 2 aliphatic heterocycles. The number of nitrogens with zero attached hydrogens (tertiary/aromatic N) is 3. The van der Waals surface area contributed by atoms with Crippen molar-refractivity contribution in [2.45, 2.75) is 25.4 Å². The van der Waals surface area contributed by atoms with Gasteiger partial charge in [0.15, 0.2) is 0 Å². The first-order valence-corrected chi connectivity index (χ1v) is 7.27. The van der Waals surface area contributed by atoms with Gasteiger partial charge in [-0.3, -0.25) is 9.59 Å². The smallest absolute Gasteiger partial charge is 0.245 e. The summed E-state index contributed by atoms with van der Waals surface area (Å²) < 4.78 is 0. The molecule has 6 nitrogen and oxygen atoms in total. The Morgan fingerprint density at radius 3 is 2.86 bits per heavy atom. The second-order valence-corrected chi connectivity index (χ2v) is 6.00. The lowest BCUT2D eigenvalue weighted by atomic mass is 10.1. The molecule has 0 aromatic carbocycles. The highest BCUT2D eigenvalue weighted by atomic mass is 35.5. The number of anilines is 1. The fourth-order valence-electron chi connectivity index (χ4n) is 2.91. The molecule has 3 rings (SSSR count). The van der Waals surface area contributed by atoms with Crippen LogP contribution in [0.1, 0.15) is 12.1 Å². The molecule has 2 atom stereocenters. The monoisotopic (exact) mass is 308 g/mol. The second-order valence-electron chi connectivity index (χ2n) is 5.60. The average Bonchev–Trinajstić information content (AvgIpc) is 2.85. The summed E-state index contributed by atoms with van der Waals surface area (Å²) in [6.45, 7) is 2.54. The van der Waals surface area contributed by atoms with Gasteiger partial charge in [0.1, 0.15) is 11.9 Å². The van der Waals surface area contributed by atoms with Gasteiger partial charge >= 0.3 is 0 Å². The Hall–Kier alpha value is -1.82. The van der Waals surface area contributed by atoms with Crippen molar-refractivity contribution in [1.82, 2.24) is 14.8 Å². The van der Waals surface area contributed by atoms with Crippen molar-refractivity contribution >= 4 is 29.2 Å². The zero-order valence-electron chi connectivity index (χ0n) is 12.0. The summed E-state index contributed by atoms with van der Waals surface area (Å²) in [5.74, 6) is 0.737. The summed E-state index contributed by atoms with van der Waals surface area (Å²) in [7, 11) is 1.67. The van der Waals surface area contributed by atoms with E-state index in [2.05, 4.69) is 10.3 Å². The van der Waals surface area contributed by atoms with Gasteiger partial charge in [-0.1, -0.05) is 11.6 Å². The molecule has 0 unspecified atom stereocenters. The maximum absolute atomic E-state index is 12.1. The van der Waals surface area contributed by atoms with E-state index in [9.17, 15) is 9.59 Å². The van der Waals surface area contributed by atoms with Crippen LogP contribution in [-0.2, 0) is 9.59 Å². The Morgan fingerprint density at radius 1 is 1.38 bits per heavy atom. The molecule has 2 fully saturated rings. The number of fused-ring (bicyclic) bond motifs is 1. The molecule has 21 heavy (non-hydrogen) atoms. The van der Waals surface area contributed by atoms with E-state index in [1.165, 1.54) is 4.90 Å². The van der Waals surface area contributed by atoms with Crippen molar-refractivity contribution in [3.8, 4) is 0 Å². The summed E-state index contributed by atoms with van der Waals surface area (Å²) in [5, 5.41) is 3.91. The minimum atomic E-state index is -0.345. The van der Waals surface area contributed by atoms with Crippen molar-refractivity contribution in [3.05, 3.63) is 22.8 Å². The molecule has 2 saturated heterocycles. The topological polar surface area (TPSA) is 65.5 Å². The van der Waals surface area contributed by atoms with E-state index in [1.54, 1.807) is 18.0 Å². The Labute approximate surface area is 128 Å². The highest BCUT2D eigenvalue weighted by Crippen LogP contribution is 2.26. The number of amides is 2. The van der Waals surface area contributed by atoms with Crippen molar-refractivity contribution in [2.75, 3.05) is 25.5 Å². The van der Waals surface area contributed by atoms with Gasteiger partial charge in [-0.15, -0.1) is 0 Å². The highest BCUT2D eigenvalue weighted by Gasteiger charge is 2.44. The molecule has 7 heteroatoms. The number of carbonyl (C=O) groups is 2. The standard InChI is InChI=1S/C14H17ClN4O2/c1-8-10(15)3-4-12(16-8)17-9-5-11-14(21)18(2)7-13(20)19(11)6-9/h3-4,9,11H,5-7H2,1-2H3,(H,16,17)/t9-,11-/m0/s1. The van der Waals surface area contributed by atoms with Crippen molar-refractivity contribution in [3.63, 3.8) is 0 Å². The zero-order chi connectivity index (χ0) is 15.1. The number of likely N-dealkylation sites (N-methyl/N-ethyl adjacent to an activating group) is 1. The molecule has 3 heterocycles. The highest BCUT2D eigenvalue weighted by molar-refractivity contribution is 6.31. The average molecular weight is 309 g/mol. The zero-order valence-corrected chi connectivity index (χ0v) is 12.7. The number of hydrogen-bond acceptors (Lipinski definition) is 4. The van der Waals surface area contributed by atoms with Crippen LogP contribution in [0.25, 0.3) is 0 Å². The summed E-state index contributed by atoms with van der Waals surface area (Å²) >= 11 is 5.96. The Kier molecular flexibility index (Phi) is 3.49. The van der Waals surface area contributed by atoms with Crippen LogP contribution in [0.3, 0.4) is 0 Å². The van der Waals surface area contributed by atoms with Gasteiger partial charge < -0.3 is 15.1 Å². The molecule has 1 N–H and O–H groups in total. The molecule has 2 aliphatic rings. The first-order valence-electron chi connectivity index (χ1n) is 6.90. The van der Waals surface area contributed by atoms with Crippen LogP contribution in [0.2, 0.25) is 5.02 Å². The van der Waals surface area contributed by atoms with Crippen LogP contribution in [-0.4, -0.2) is 58.8 Å². The summed E-state index contributed by atoms with van der Waals surface area (Å²) in [6.07, 6.45) is 0.609. The fraction of sp³-hybridized carbons (Fsp3) is 0.500. The van der Waals surface area contributed by atoms with E-state index < -0.39 is 0 Å². The number of aromatic nitrogens is 1. The molecular formula is C14H17ClN4O2. The van der Waals surface area contributed by atoms with E-state index >= 15 is 0 Å². The van der Waals surface area contributed by atoms with Crippen LogP contribution >= 0.6 is 11.6 Å². The number of piperazine rings is 1. The lowest BCUT2D eigenvalue weighted by Crippen LogP contribution is -2.55. The van der Waals surface area contributed by atoms with E-state index in [0.717, 1.165) is 11.5 Å². The Bertz CT molecular complexity index is 607. The third kappa shape index (κ3) is 2.55. The molecule has 0 aliphatic carbocycles. The van der Waals surface area contributed by atoms with Crippen molar-refractivity contribution in [1.29, 1.82) is 0 Å². The summed E-state index contributed by atoms with van der Waals surface area (Å²) in [4.78, 5) is 31.7. The van der Waals surface area contributed by atoms with Gasteiger partial charge in [-0.25, -0.2) is 4.98 Å². The minimum absolute atomic E-state index is 0.00615. The molecule has 112 valence electrons. The van der Waals surface area contributed by atoms with Gasteiger partial charge in [-0.05, 0) is 25.5 Å². The number of rotatable bonds is 2. The SMILES string of the molecule is Cc1nc(N[C@H]2C[C@H]3C(=O)N(C)CC(=O)N3C2)ccc1Cl. The van der Waals surface area contributed by atoms with Crippen LogP contribution in [0.4, 0.5) is 5.82 Å². The maximum Gasteiger partial charge on any atom is 0.245 e. The number of pyridine rings is 1. The molecule has 0 bridgehead atoms. The number of nitrogens with one attached hydrogen (secondary N) is 1. The van der Waals surface area contributed by atoms with Crippen molar-refractivity contribution in [2.24, 2.45) is 0 Å². The fourth-order valence-corrected chi connectivity index (χ4v) is 3.02. The maximum atomic E-state index is 12.1. The molecule has 0 spiro atoms. The third-order valence-corrected chi connectivity index (χ3v) is 4.43. The summed E-state index contributed by atoms with van der Waals surface area (Å²) in [5.41, 5.74) is 0.754. The van der Waals surface area contributed by atoms with Gasteiger partial charge in [0.2, 0.25) is 11.8 Å². The van der Waals surface area contributed by atoms with Crippen LogP contribution < -0.4 is 5.32 Å². The molecular weight excluding hydrogens is 292 g/mol. The van der Waals surface area contributed by atoms with Gasteiger partial charge in [0.05, 0.1) is 17.3 Å². The molecule has 0 saturated carbocycles. The quantitative estimate of drug-likeness (QED) is 0.881. The van der Waals surface area contributed by atoms with Gasteiger partial charge in [-0.2, -0.15) is 0 Å². The number of hydrogen-bond donors (Lipinski definition) is 1. The molecule has 1 aromatic rings. The first kappa shape index (κ1) is 14.1. The first-order chi connectivity index (χ1) is 9.95. The summed E-state index contributed by atoms with van der Waals surface area (Å²) in [6, 6.07) is 3.28. The minimum Gasteiger partial charge on any atom is -0.365 e. The van der Waals surface area contributed by atoms with E-state index in [0.29, 0.717) is 18.0 Å². The van der Waals surface area contributed by atoms with Crippen LogP contribution in [0.15, 0.2) is 12.1 Å². The van der Waals surface area contributed by atoms with E-state index in [4.69, 9.17) is 11.6 Å². The van der Waals surface area contributed by atoms with Crippen LogP contribution in [0.5, 0.6) is 0 Å². The van der Waals surface area contributed by atoms with Crippen molar-refractivity contribution < 1.29 is 9.59 Å². The Balaban J connectivity index is 1.73. The Morgan fingerprint density at radius 2 is 2.14 bits per heavy atom. The van der Waals surface area contributed by atoms with Gasteiger partial charge in [0, 0.05) is 19.6 Å². The van der Waals surface area contributed by atoms with Gasteiger partial charge in [0.25, 0.3) is 0 Å². The molecule has 1 aromatic heterocycles. The second kappa shape index (κ2) is 5.18. The predicted molar refractivity (Wildman–Crippen MR) is 79.1 cm³/mol. The molecule has 0 radical (unpaired) electrons.